The van der Waals surface area contributed by atoms with Gasteiger partial charge in [0.15, 0.2) is 0 Å². The molecule has 0 aliphatic rings. The lowest BCUT2D eigenvalue weighted by Gasteiger charge is -1.73. The van der Waals surface area contributed by atoms with Crippen LogP contribution in [0.1, 0.15) is 27.7 Å². The number of rotatable bonds is 1. The van der Waals surface area contributed by atoms with Crippen molar-refractivity contribution in [3.05, 3.63) is 23.8 Å². The Labute approximate surface area is 63.4 Å². The van der Waals surface area contributed by atoms with E-state index in [4.69, 9.17) is 0 Å². The summed E-state index contributed by atoms with van der Waals surface area (Å²) in [6.07, 6.45) is 2.31. The molecule has 0 heterocycles. The van der Waals surface area contributed by atoms with E-state index in [1.54, 1.807) is 0 Å². The van der Waals surface area contributed by atoms with E-state index in [2.05, 4.69) is 6.58 Å². The third-order valence-corrected chi connectivity index (χ3v) is 0.401. The van der Waals surface area contributed by atoms with Crippen LogP contribution < -0.4 is 0 Å². The fraction of sp³-hybridized carbons (Fsp3) is 0.444. The lowest BCUT2D eigenvalue weighted by molar-refractivity contribution is -0.104. The summed E-state index contributed by atoms with van der Waals surface area (Å²) in [7, 11) is 0. The van der Waals surface area contributed by atoms with Crippen molar-refractivity contribution in [3.63, 3.8) is 0 Å². The third-order valence-electron chi connectivity index (χ3n) is 0.401. The second-order valence-electron chi connectivity index (χ2n) is 2.59. The smallest absolute Gasteiger partial charge is 0.142 e. The molecule has 0 aromatic carbocycles. The van der Waals surface area contributed by atoms with E-state index in [0.29, 0.717) is 0 Å². The second-order valence-corrected chi connectivity index (χ2v) is 2.59. The van der Waals surface area contributed by atoms with Gasteiger partial charge in [-0.3, -0.25) is 4.79 Å². The van der Waals surface area contributed by atoms with Crippen molar-refractivity contribution in [1.82, 2.24) is 0 Å². The minimum absolute atomic E-state index is 0.787. The van der Waals surface area contributed by atoms with Crippen LogP contribution >= 0.6 is 0 Å². The minimum atomic E-state index is 0.787. The maximum atomic E-state index is 9.54. The molecule has 0 bridgehead atoms. The summed E-state index contributed by atoms with van der Waals surface area (Å²) in [6.45, 7) is 11.3. The van der Waals surface area contributed by atoms with E-state index in [-0.39, 0.29) is 0 Å². The second kappa shape index (κ2) is 8.15. The van der Waals surface area contributed by atoms with Crippen molar-refractivity contribution >= 4 is 6.29 Å². The number of carbonyl (C=O) groups excluding carboxylic acids is 1. The fourth-order valence-corrected chi connectivity index (χ4v) is 0.136. The van der Waals surface area contributed by atoms with Crippen LogP contribution in [-0.4, -0.2) is 6.29 Å². The molecule has 0 fully saturated rings. The van der Waals surface area contributed by atoms with Crippen LogP contribution in [0.4, 0.5) is 0 Å². The van der Waals surface area contributed by atoms with Crippen LogP contribution in [0.3, 0.4) is 0 Å². The van der Waals surface area contributed by atoms with Gasteiger partial charge in [0, 0.05) is 0 Å². The maximum Gasteiger partial charge on any atom is 0.142 e. The van der Waals surface area contributed by atoms with Gasteiger partial charge in [-0.15, -0.1) is 6.58 Å². The first-order valence-corrected chi connectivity index (χ1v) is 3.21. The molecule has 1 nitrogen and oxygen atoms in total. The van der Waals surface area contributed by atoms with Gasteiger partial charge in [0.05, 0.1) is 0 Å². The zero-order chi connectivity index (χ0) is 8.57. The van der Waals surface area contributed by atoms with Crippen molar-refractivity contribution in [3.8, 4) is 0 Å². The van der Waals surface area contributed by atoms with Crippen LogP contribution in [0, 0.1) is 0 Å². The van der Waals surface area contributed by atoms with Gasteiger partial charge in [-0.1, -0.05) is 11.1 Å². The minimum Gasteiger partial charge on any atom is -0.299 e. The van der Waals surface area contributed by atoms with Gasteiger partial charge in [-0.05, 0) is 33.8 Å². The zero-order valence-corrected chi connectivity index (χ0v) is 7.27. The first-order valence-electron chi connectivity index (χ1n) is 3.21. The fourth-order valence-electron chi connectivity index (χ4n) is 0.136. The van der Waals surface area contributed by atoms with Gasteiger partial charge in [0.1, 0.15) is 6.29 Å². The van der Waals surface area contributed by atoms with Crippen molar-refractivity contribution in [1.29, 1.82) is 0 Å². The van der Waals surface area contributed by atoms with Crippen molar-refractivity contribution < 1.29 is 4.79 Å². The monoisotopic (exact) mass is 140 g/mol. The van der Waals surface area contributed by atoms with E-state index in [1.807, 2.05) is 27.7 Å². The summed E-state index contributed by atoms with van der Waals surface area (Å²) < 4.78 is 0. The zero-order valence-electron chi connectivity index (χ0n) is 7.27. The van der Waals surface area contributed by atoms with Crippen LogP contribution in [0.25, 0.3) is 0 Å². The average molecular weight is 140 g/mol. The van der Waals surface area contributed by atoms with Gasteiger partial charge in [-0.2, -0.15) is 0 Å². The molecule has 0 aliphatic carbocycles. The summed E-state index contributed by atoms with van der Waals surface area (Å²) in [5, 5.41) is 0. The molecule has 1 heteroatoms. The highest BCUT2D eigenvalue weighted by atomic mass is 16.1. The standard InChI is InChI=1S/C5H8O.C4H8/c1-5(2)3-4-6;1-4(2)3/h3-4H,1-2H3;1H2,2-3H3. The largest absolute Gasteiger partial charge is 0.299 e. The van der Waals surface area contributed by atoms with Crippen LogP contribution in [0.15, 0.2) is 23.8 Å². The van der Waals surface area contributed by atoms with Gasteiger partial charge >= 0.3 is 0 Å². The van der Waals surface area contributed by atoms with Gasteiger partial charge < -0.3 is 0 Å². The molecular formula is C9H16O. The van der Waals surface area contributed by atoms with Crippen LogP contribution in [0.5, 0.6) is 0 Å². The van der Waals surface area contributed by atoms with E-state index < -0.39 is 0 Å². The highest BCUT2D eigenvalue weighted by Crippen LogP contribution is 1.81. The molecule has 10 heavy (non-hydrogen) atoms. The average Bonchev–Trinajstić information content (AvgIpc) is 1.62. The molecule has 0 aromatic rings. The predicted octanol–water partition coefficient (Wildman–Crippen LogP) is 2.73. The number of hydrogen-bond acceptors (Lipinski definition) is 1. The lowest BCUT2D eigenvalue weighted by Crippen LogP contribution is -1.62. The Morgan fingerprint density at radius 2 is 1.50 bits per heavy atom. The van der Waals surface area contributed by atoms with Crippen LogP contribution in [-0.2, 0) is 4.79 Å². The first kappa shape index (κ1) is 11.9. The van der Waals surface area contributed by atoms with Gasteiger partial charge in [0.25, 0.3) is 0 Å². The Kier molecular flexibility index (Phi) is 9.69. The van der Waals surface area contributed by atoms with Gasteiger partial charge in [-0.25, -0.2) is 0 Å². The molecule has 0 spiro atoms. The highest BCUT2D eigenvalue weighted by Gasteiger charge is 1.66. The number of hydrogen-bond donors (Lipinski definition) is 0. The molecule has 0 atom stereocenters. The maximum absolute atomic E-state index is 9.54. The first-order chi connectivity index (χ1) is 4.50. The van der Waals surface area contributed by atoms with Crippen molar-refractivity contribution in [2.24, 2.45) is 0 Å². The SMILES string of the molecule is C=C(C)C.CC(C)=CC=O. The molecule has 0 N–H and O–H groups in total. The Morgan fingerprint density at radius 3 is 1.50 bits per heavy atom. The van der Waals surface area contributed by atoms with Crippen LogP contribution in [0.2, 0.25) is 0 Å². The third kappa shape index (κ3) is 58.5. The van der Waals surface area contributed by atoms with Crippen molar-refractivity contribution in [2.75, 3.05) is 0 Å². The molecule has 58 valence electrons. The predicted molar refractivity (Wildman–Crippen MR) is 46.0 cm³/mol. The quantitative estimate of drug-likeness (QED) is 0.311. The summed E-state index contributed by atoms with van der Waals surface area (Å²) >= 11 is 0. The number of carbonyl (C=O) groups is 1. The summed E-state index contributed by atoms with van der Waals surface area (Å²) in [5.74, 6) is 0. The molecule has 0 saturated carbocycles. The van der Waals surface area contributed by atoms with Gasteiger partial charge in [0.2, 0.25) is 0 Å². The molecule has 0 amide bonds. The normalized spacial score (nSPS) is 6.80. The van der Waals surface area contributed by atoms with E-state index in [9.17, 15) is 4.79 Å². The Hall–Kier alpha value is -0.850. The number of allylic oxidation sites excluding steroid dienone is 3. The summed E-state index contributed by atoms with van der Waals surface area (Å²) in [6, 6.07) is 0. The Bertz CT molecular complexity index is 124. The van der Waals surface area contributed by atoms with E-state index in [0.717, 1.165) is 11.9 Å². The molecular weight excluding hydrogens is 124 g/mol. The summed E-state index contributed by atoms with van der Waals surface area (Å²) in [4.78, 5) is 9.54. The molecule has 0 radical (unpaired) electrons. The summed E-state index contributed by atoms with van der Waals surface area (Å²) in [5.41, 5.74) is 2.21. The molecule has 0 saturated heterocycles. The van der Waals surface area contributed by atoms with Crippen molar-refractivity contribution in [2.45, 2.75) is 27.7 Å². The lowest BCUT2D eigenvalue weighted by atomic mass is 10.3. The molecule has 0 aliphatic heterocycles. The molecule has 0 rings (SSSR count). The molecule has 0 unspecified atom stereocenters. The highest BCUT2D eigenvalue weighted by molar-refractivity contribution is 5.65. The van der Waals surface area contributed by atoms with E-state index >= 15 is 0 Å². The van der Waals surface area contributed by atoms with E-state index in [1.165, 1.54) is 11.6 Å². The molecule has 0 aromatic heterocycles. The Morgan fingerprint density at radius 1 is 1.20 bits per heavy atom. The topological polar surface area (TPSA) is 17.1 Å². The Balaban J connectivity index is 0. The number of aldehydes is 1.